The molecule has 0 saturated heterocycles. The summed E-state index contributed by atoms with van der Waals surface area (Å²) in [6.07, 6.45) is 0. The van der Waals surface area contributed by atoms with Crippen LogP contribution in [0.4, 0.5) is 0 Å². The van der Waals surface area contributed by atoms with Gasteiger partial charge in [-0.15, -0.1) is 0 Å². The molecule has 2 nitrogen and oxygen atoms in total. The molecule has 0 radical (unpaired) electrons. The highest BCUT2D eigenvalue weighted by Crippen LogP contribution is 2.29. The van der Waals surface area contributed by atoms with Gasteiger partial charge in [0.15, 0.2) is 5.90 Å². The summed E-state index contributed by atoms with van der Waals surface area (Å²) in [6.45, 7) is 6.95. The molecule has 1 atom stereocenters. The Morgan fingerprint density at radius 3 is 2.38 bits per heavy atom. The number of nitrogens with zero attached hydrogens (tertiary/aromatic N) is 1. The Bertz CT molecular complexity index is 403. The second-order valence-electron chi connectivity index (χ2n) is 5.06. The highest BCUT2D eigenvalue weighted by atomic mass is 35.5. The summed E-state index contributed by atoms with van der Waals surface area (Å²) >= 11 is 5.85. The number of hydrogen-bond donors (Lipinski definition) is 0. The molecule has 1 heterocycles. The van der Waals surface area contributed by atoms with Crippen LogP contribution in [-0.2, 0) is 4.74 Å². The predicted octanol–water partition coefficient (Wildman–Crippen LogP) is 3.86. The topological polar surface area (TPSA) is 21.6 Å². The van der Waals surface area contributed by atoms with Gasteiger partial charge in [0, 0.05) is 10.4 Å². The predicted molar refractivity (Wildman–Crippen MR) is 67.0 cm³/mol. The van der Waals surface area contributed by atoms with Crippen LogP contribution in [0.5, 0.6) is 0 Å². The average Bonchev–Trinajstić information content (AvgIpc) is 2.67. The van der Waals surface area contributed by atoms with E-state index < -0.39 is 0 Å². The maximum absolute atomic E-state index is 5.85. The summed E-state index contributed by atoms with van der Waals surface area (Å²) in [7, 11) is 0. The molecule has 0 unspecified atom stereocenters. The van der Waals surface area contributed by atoms with Crippen molar-refractivity contribution < 1.29 is 4.74 Å². The van der Waals surface area contributed by atoms with Gasteiger partial charge in [-0.05, 0) is 17.7 Å². The zero-order valence-electron chi connectivity index (χ0n) is 9.83. The van der Waals surface area contributed by atoms with E-state index in [0.29, 0.717) is 6.61 Å². The smallest absolute Gasteiger partial charge is 0.189 e. The van der Waals surface area contributed by atoms with Crippen LogP contribution >= 0.6 is 11.6 Å². The first-order valence-electron chi connectivity index (χ1n) is 5.43. The van der Waals surface area contributed by atoms with E-state index in [0.717, 1.165) is 16.5 Å². The van der Waals surface area contributed by atoms with E-state index in [2.05, 4.69) is 25.8 Å². The fraction of sp³-hybridized carbons (Fsp3) is 0.462. The van der Waals surface area contributed by atoms with Crippen LogP contribution in [0.2, 0.25) is 5.02 Å². The summed E-state index contributed by atoms with van der Waals surface area (Å²) in [4.78, 5) is 4.61. The number of halogens is 1. The average molecular weight is 238 g/mol. The number of aliphatic imine (C=N–C) groups is 1. The van der Waals surface area contributed by atoms with E-state index >= 15 is 0 Å². The van der Waals surface area contributed by atoms with Crippen molar-refractivity contribution in [3.8, 4) is 0 Å². The lowest BCUT2D eigenvalue weighted by Gasteiger charge is -2.16. The standard InChI is InChI=1S/C13H16ClNO/c1-13(2,3)12-15-11(8-16-12)9-4-6-10(14)7-5-9/h4-7,11H,8H2,1-3H3/t11-/m1/s1. The van der Waals surface area contributed by atoms with Gasteiger partial charge in [-0.1, -0.05) is 44.5 Å². The summed E-state index contributed by atoms with van der Waals surface area (Å²) in [5.74, 6) is 0.840. The first kappa shape index (κ1) is 11.5. The first-order chi connectivity index (χ1) is 7.47. The molecule has 2 rings (SSSR count). The van der Waals surface area contributed by atoms with Gasteiger partial charge in [0.1, 0.15) is 12.6 Å². The lowest BCUT2D eigenvalue weighted by Crippen LogP contribution is -2.20. The van der Waals surface area contributed by atoms with Crippen molar-refractivity contribution >= 4 is 17.5 Å². The lowest BCUT2D eigenvalue weighted by molar-refractivity contribution is 0.283. The van der Waals surface area contributed by atoms with E-state index in [-0.39, 0.29) is 11.5 Å². The molecule has 0 spiro atoms. The summed E-state index contributed by atoms with van der Waals surface area (Å²) < 4.78 is 5.63. The van der Waals surface area contributed by atoms with Crippen LogP contribution in [0.1, 0.15) is 32.4 Å². The molecular weight excluding hydrogens is 222 g/mol. The van der Waals surface area contributed by atoms with E-state index in [1.165, 1.54) is 0 Å². The normalized spacial score (nSPS) is 20.5. The monoisotopic (exact) mass is 237 g/mol. The molecule has 1 aromatic carbocycles. The highest BCUT2D eigenvalue weighted by Gasteiger charge is 2.28. The fourth-order valence-electron chi connectivity index (χ4n) is 1.64. The minimum absolute atomic E-state index is 0.0127. The molecule has 0 aliphatic carbocycles. The second-order valence-corrected chi connectivity index (χ2v) is 5.50. The van der Waals surface area contributed by atoms with Crippen LogP contribution in [0, 0.1) is 5.41 Å². The van der Waals surface area contributed by atoms with E-state index in [9.17, 15) is 0 Å². The van der Waals surface area contributed by atoms with Crippen molar-refractivity contribution in [1.82, 2.24) is 0 Å². The Balaban J connectivity index is 2.20. The summed E-state index contributed by atoms with van der Waals surface area (Å²) in [5, 5.41) is 0.752. The van der Waals surface area contributed by atoms with Crippen molar-refractivity contribution in [3.05, 3.63) is 34.9 Å². The van der Waals surface area contributed by atoms with Crippen LogP contribution < -0.4 is 0 Å². The third kappa shape index (κ3) is 2.38. The van der Waals surface area contributed by atoms with Crippen molar-refractivity contribution in [2.24, 2.45) is 10.4 Å². The summed E-state index contributed by atoms with van der Waals surface area (Å²) in [5.41, 5.74) is 1.14. The third-order valence-electron chi connectivity index (χ3n) is 2.55. The Kier molecular flexibility index (Phi) is 2.94. The molecule has 1 aliphatic rings. The zero-order valence-corrected chi connectivity index (χ0v) is 10.6. The summed E-state index contributed by atoms with van der Waals surface area (Å²) in [6, 6.07) is 7.91. The molecule has 1 aromatic rings. The SMILES string of the molecule is CC(C)(C)C1=N[C@@H](c2ccc(Cl)cc2)CO1. The van der Waals surface area contributed by atoms with Gasteiger partial charge in [0.05, 0.1) is 0 Å². The van der Waals surface area contributed by atoms with Gasteiger partial charge in [-0.3, -0.25) is 0 Å². The molecule has 0 saturated carbocycles. The third-order valence-corrected chi connectivity index (χ3v) is 2.80. The van der Waals surface area contributed by atoms with Crippen molar-refractivity contribution in [2.45, 2.75) is 26.8 Å². The first-order valence-corrected chi connectivity index (χ1v) is 5.81. The number of hydrogen-bond acceptors (Lipinski definition) is 2. The maximum atomic E-state index is 5.85. The molecule has 0 N–H and O–H groups in total. The van der Waals surface area contributed by atoms with Crippen molar-refractivity contribution in [2.75, 3.05) is 6.61 Å². The number of rotatable bonds is 1. The van der Waals surface area contributed by atoms with Gasteiger partial charge in [-0.2, -0.15) is 0 Å². The van der Waals surface area contributed by atoms with E-state index in [4.69, 9.17) is 16.3 Å². The van der Waals surface area contributed by atoms with Gasteiger partial charge < -0.3 is 4.74 Å². The van der Waals surface area contributed by atoms with E-state index in [1.54, 1.807) is 0 Å². The molecule has 0 amide bonds. The molecule has 86 valence electrons. The quantitative estimate of drug-likeness (QED) is 0.727. The van der Waals surface area contributed by atoms with Gasteiger partial charge in [0.25, 0.3) is 0 Å². The van der Waals surface area contributed by atoms with Crippen LogP contribution in [0.15, 0.2) is 29.3 Å². The molecule has 0 fully saturated rings. The Hall–Kier alpha value is -1.02. The molecule has 16 heavy (non-hydrogen) atoms. The van der Waals surface area contributed by atoms with Crippen molar-refractivity contribution in [1.29, 1.82) is 0 Å². The lowest BCUT2D eigenvalue weighted by atomic mass is 9.97. The van der Waals surface area contributed by atoms with Crippen LogP contribution in [0.3, 0.4) is 0 Å². The minimum atomic E-state index is -0.0127. The maximum Gasteiger partial charge on any atom is 0.189 e. The van der Waals surface area contributed by atoms with Crippen molar-refractivity contribution in [3.63, 3.8) is 0 Å². The minimum Gasteiger partial charge on any atom is -0.478 e. The van der Waals surface area contributed by atoms with Crippen LogP contribution in [-0.4, -0.2) is 12.5 Å². The highest BCUT2D eigenvalue weighted by molar-refractivity contribution is 6.30. The zero-order chi connectivity index (χ0) is 11.8. The molecule has 0 bridgehead atoms. The Labute approximate surface area is 101 Å². The molecule has 3 heteroatoms. The molecular formula is C13H16ClNO. The molecule has 1 aliphatic heterocycles. The number of ether oxygens (including phenoxy) is 1. The van der Waals surface area contributed by atoms with Gasteiger partial charge in [-0.25, -0.2) is 4.99 Å². The number of benzene rings is 1. The Morgan fingerprint density at radius 2 is 1.88 bits per heavy atom. The van der Waals surface area contributed by atoms with Crippen LogP contribution in [0.25, 0.3) is 0 Å². The van der Waals surface area contributed by atoms with E-state index in [1.807, 2.05) is 24.3 Å². The second kappa shape index (κ2) is 4.10. The fourth-order valence-corrected chi connectivity index (χ4v) is 1.77. The van der Waals surface area contributed by atoms with Gasteiger partial charge in [0.2, 0.25) is 0 Å². The largest absolute Gasteiger partial charge is 0.478 e. The Morgan fingerprint density at radius 1 is 1.25 bits per heavy atom. The van der Waals surface area contributed by atoms with Gasteiger partial charge >= 0.3 is 0 Å². The molecule has 0 aromatic heterocycles.